The van der Waals surface area contributed by atoms with E-state index in [4.69, 9.17) is 4.74 Å². The van der Waals surface area contributed by atoms with E-state index in [1.165, 1.54) is 0 Å². The largest absolute Gasteiger partial charge is 0.494 e. The Bertz CT molecular complexity index is 324. The molecular formula is C12H22N4O. The maximum atomic E-state index is 5.03. The third-order valence-corrected chi connectivity index (χ3v) is 2.54. The number of hydrogen-bond donors (Lipinski definition) is 1. The van der Waals surface area contributed by atoms with E-state index in [-0.39, 0.29) is 0 Å². The van der Waals surface area contributed by atoms with Crippen molar-refractivity contribution in [1.29, 1.82) is 0 Å². The molecule has 1 aromatic rings. The molecule has 0 aliphatic carbocycles. The average Bonchev–Trinajstić information content (AvgIpc) is 2.28. The maximum Gasteiger partial charge on any atom is 0.223 e. The van der Waals surface area contributed by atoms with Gasteiger partial charge in [0.05, 0.1) is 19.5 Å². The van der Waals surface area contributed by atoms with Gasteiger partial charge in [-0.15, -0.1) is 0 Å². The highest BCUT2D eigenvalue weighted by molar-refractivity contribution is 5.28. The van der Waals surface area contributed by atoms with Crippen LogP contribution in [0.1, 0.15) is 13.8 Å². The van der Waals surface area contributed by atoms with Crippen molar-refractivity contribution in [3.8, 4) is 5.75 Å². The summed E-state index contributed by atoms with van der Waals surface area (Å²) in [4.78, 5) is 10.6. The van der Waals surface area contributed by atoms with Crippen molar-refractivity contribution in [2.75, 3.05) is 33.1 Å². The first-order valence-electron chi connectivity index (χ1n) is 5.80. The predicted molar refractivity (Wildman–Crippen MR) is 69.4 cm³/mol. The molecule has 1 atom stereocenters. The molecule has 0 aliphatic rings. The van der Waals surface area contributed by atoms with Crippen molar-refractivity contribution in [2.24, 2.45) is 5.92 Å². The van der Waals surface area contributed by atoms with E-state index in [1.54, 1.807) is 19.5 Å². The molecule has 17 heavy (non-hydrogen) atoms. The number of methoxy groups -OCH3 is 1. The fraction of sp³-hybridized carbons (Fsp3) is 0.667. The lowest BCUT2D eigenvalue weighted by atomic mass is 10.0. The summed E-state index contributed by atoms with van der Waals surface area (Å²) in [5.41, 5.74) is 0. The van der Waals surface area contributed by atoms with E-state index in [0.717, 1.165) is 6.54 Å². The molecule has 0 saturated heterocycles. The molecule has 0 aromatic carbocycles. The van der Waals surface area contributed by atoms with Crippen LogP contribution in [-0.2, 0) is 0 Å². The predicted octanol–water partition coefficient (Wildman–Crippen LogP) is 1.48. The van der Waals surface area contributed by atoms with E-state index in [9.17, 15) is 0 Å². The zero-order valence-corrected chi connectivity index (χ0v) is 11.3. The van der Waals surface area contributed by atoms with Crippen LogP contribution in [0.15, 0.2) is 12.4 Å². The van der Waals surface area contributed by atoms with Crippen LogP contribution in [0.5, 0.6) is 5.75 Å². The van der Waals surface area contributed by atoms with Crippen molar-refractivity contribution in [3.63, 3.8) is 0 Å². The van der Waals surface area contributed by atoms with Crippen LogP contribution < -0.4 is 10.1 Å². The lowest BCUT2D eigenvalue weighted by molar-refractivity contribution is 0.343. The van der Waals surface area contributed by atoms with Crippen LogP contribution in [0.25, 0.3) is 0 Å². The molecule has 0 amide bonds. The number of nitrogens with one attached hydrogen (secondary N) is 1. The summed E-state index contributed by atoms with van der Waals surface area (Å²) in [6.45, 7) is 5.32. The van der Waals surface area contributed by atoms with Crippen LogP contribution in [0.4, 0.5) is 5.95 Å². The number of hydrogen-bond acceptors (Lipinski definition) is 5. The van der Waals surface area contributed by atoms with E-state index in [1.807, 2.05) is 0 Å². The highest BCUT2D eigenvalue weighted by atomic mass is 16.5. The Morgan fingerprint density at radius 1 is 1.29 bits per heavy atom. The Labute approximate surface area is 103 Å². The minimum atomic E-state index is 0.332. The first-order valence-corrected chi connectivity index (χ1v) is 5.80. The fourth-order valence-corrected chi connectivity index (χ4v) is 1.48. The van der Waals surface area contributed by atoms with Crippen molar-refractivity contribution < 1.29 is 4.74 Å². The monoisotopic (exact) mass is 238 g/mol. The van der Waals surface area contributed by atoms with Crippen molar-refractivity contribution in [1.82, 2.24) is 14.9 Å². The van der Waals surface area contributed by atoms with Crippen LogP contribution in [-0.4, -0.2) is 48.7 Å². The molecule has 0 bridgehead atoms. The van der Waals surface area contributed by atoms with Gasteiger partial charge in [-0.25, -0.2) is 9.97 Å². The Hall–Kier alpha value is -1.36. The van der Waals surface area contributed by atoms with Gasteiger partial charge in [-0.05, 0) is 20.0 Å². The van der Waals surface area contributed by atoms with Gasteiger partial charge in [0.1, 0.15) is 0 Å². The zero-order chi connectivity index (χ0) is 12.8. The van der Waals surface area contributed by atoms with Crippen molar-refractivity contribution >= 4 is 5.95 Å². The first kappa shape index (κ1) is 13.7. The second-order valence-corrected chi connectivity index (χ2v) is 4.70. The van der Waals surface area contributed by atoms with Crippen LogP contribution in [0.3, 0.4) is 0 Å². The Balaban J connectivity index is 2.65. The lowest BCUT2D eigenvalue weighted by Crippen LogP contribution is -2.36. The minimum Gasteiger partial charge on any atom is -0.494 e. The molecule has 1 rings (SSSR count). The SMILES string of the molecule is COc1cnc(NC(CN(C)C)C(C)C)nc1. The number of anilines is 1. The third kappa shape index (κ3) is 4.56. The highest BCUT2D eigenvalue weighted by Gasteiger charge is 2.15. The molecule has 0 fully saturated rings. The number of nitrogens with zero attached hydrogens (tertiary/aromatic N) is 3. The van der Waals surface area contributed by atoms with E-state index < -0.39 is 0 Å². The fourth-order valence-electron chi connectivity index (χ4n) is 1.48. The van der Waals surface area contributed by atoms with Crippen LogP contribution >= 0.6 is 0 Å². The van der Waals surface area contributed by atoms with Gasteiger partial charge in [0.25, 0.3) is 0 Å². The van der Waals surface area contributed by atoms with Crippen LogP contribution in [0.2, 0.25) is 0 Å². The van der Waals surface area contributed by atoms with Gasteiger partial charge in [-0.1, -0.05) is 13.8 Å². The molecule has 5 nitrogen and oxygen atoms in total. The molecule has 96 valence electrons. The van der Waals surface area contributed by atoms with E-state index >= 15 is 0 Å². The summed E-state index contributed by atoms with van der Waals surface area (Å²) >= 11 is 0. The summed E-state index contributed by atoms with van der Waals surface area (Å²) < 4.78 is 5.03. The summed E-state index contributed by atoms with van der Waals surface area (Å²) in [5.74, 6) is 1.83. The molecule has 1 aromatic heterocycles. The quantitative estimate of drug-likeness (QED) is 0.813. The Kier molecular flexibility index (Phi) is 5.15. The standard InChI is InChI=1S/C12H22N4O/c1-9(2)11(8-16(3)4)15-12-13-6-10(17-5)7-14-12/h6-7,9,11H,8H2,1-5H3,(H,13,14,15). The number of rotatable bonds is 6. The van der Waals surface area contributed by atoms with Crippen molar-refractivity contribution in [3.05, 3.63) is 12.4 Å². The summed E-state index contributed by atoms with van der Waals surface area (Å²) in [7, 11) is 5.73. The number of ether oxygens (including phenoxy) is 1. The van der Waals surface area contributed by atoms with Gasteiger partial charge >= 0.3 is 0 Å². The molecule has 5 heteroatoms. The van der Waals surface area contributed by atoms with Gasteiger partial charge in [0, 0.05) is 12.6 Å². The summed E-state index contributed by atoms with van der Waals surface area (Å²) in [6.07, 6.45) is 3.34. The normalized spacial score (nSPS) is 12.9. The van der Waals surface area contributed by atoms with Gasteiger partial charge in [-0.2, -0.15) is 0 Å². The molecule has 1 unspecified atom stereocenters. The second kappa shape index (κ2) is 6.39. The van der Waals surface area contributed by atoms with Gasteiger partial charge in [0.15, 0.2) is 5.75 Å². The van der Waals surface area contributed by atoms with E-state index in [0.29, 0.717) is 23.7 Å². The zero-order valence-electron chi connectivity index (χ0n) is 11.3. The van der Waals surface area contributed by atoms with Gasteiger partial charge < -0.3 is 15.0 Å². The first-order chi connectivity index (χ1) is 8.02. The second-order valence-electron chi connectivity index (χ2n) is 4.70. The Morgan fingerprint density at radius 2 is 1.88 bits per heavy atom. The molecule has 0 saturated carbocycles. The molecule has 0 radical (unpaired) electrons. The van der Waals surface area contributed by atoms with Gasteiger partial charge in [0.2, 0.25) is 5.95 Å². The molecule has 1 N–H and O–H groups in total. The molecular weight excluding hydrogens is 216 g/mol. The maximum absolute atomic E-state index is 5.03. The number of aromatic nitrogens is 2. The average molecular weight is 238 g/mol. The van der Waals surface area contributed by atoms with Crippen molar-refractivity contribution in [2.45, 2.75) is 19.9 Å². The Morgan fingerprint density at radius 3 is 2.29 bits per heavy atom. The molecule has 0 aliphatic heterocycles. The van der Waals surface area contributed by atoms with Gasteiger partial charge in [-0.3, -0.25) is 0 Å². The minimum absolute atomic E-state index is 0.332. The highest BCUT2D eigenvalue weighted by Crippen LogP contribution is 2.11. The smallest absolute Gasteiger partial charge is 0.223 e. The lowest BCUT2D eigenvalue weighted by Gasteiger charge is -2.25. The molecule has 0 spiro atoms. The number of likely N-dealkylation sites (N-methyl/N-ethyl adjacent to an activating group) is 1. The summed E-state index contributed by atoms with van der Waals surface area (Å²) in [5, 5.41) is 3.34. The molecule has 1 heterocycles. The third-order valence-electron chi connectivity index (χ3n) is 2.54. The van der Waals surface area contributed by atoms with E-state index in [2.05, 4.69) is 48.1 Å². The topological polar surface area (TPSA) is 50.3 Å². The summed E-state index contributed by atoms with van der Waals surface area (Å²) in [6, 6.07) is 0.332. The van der Waals surface area contributed by atoms with Crippen LogP contribution in [0, 0.1) is 5.92 Å².